The summed E-state index contributed by atoms with van der Waals surface area (Å²) in [4.78, 5) is 18.9. The molecule has 4 rings (SSSR count). The van der Waals surface area contributed by atoms with Crippen LogP contribution in [0, 0.1) is 11.8 Å². The van der Waals surface area contributed by atoms with E-state index in [-0.39, 0.29) is 18.1 Å². The largest absolute Gasteiger partial charge is 0.474 e. The van der Waals surface area contributed by atoms with E-state index in [9.17, 15) is 4.79 Å². The fourth-order valence-electron chi connectivity index (χ4n) is 3.92. The van der Waals surface area contributed by atoms with Gasteiger partial charge in [-0.1, -0.05) is 0 Å². The number of hydrogen-bond acceptors (Lipinski definition) is 4. The molecule has 2 N–H and O–H groups in total. The lowest BCUT2D eigenvalue weighted by molar-refractivity contribution is 0.0776. The molecule has 1 aromatic rings. The monoisotopic (exact) mass is 301 g/mol. The van der Waals surface area contributed by atoms with Gasteiger partial charge >= 0.3 is 0 Å². The fraction of sp³-hybridized carbons (Fsp3) is 0.647. The summed E-state index contributed by atoms with van der Waals surface area (Å²) in [6.07, 6.45) is 7.61. The molecule has 3 aliphatic rings. The van der Waals surface area contributed by atoms with Crippen molar-refractivity contribution < 1.29 is 9.53 Å². The number of nitrogens with zero attached hydrogens (tertiary/aromatic N) is 2. The predicted octanol–water partition coefficient (Wildman–Crippen LogP) is 1.82. The summed E-state index contributed by atoms with van der Waals surface area (Å²) in [5, 5.41) is 0. The van der Waals surface area contributed by atoms with Crippen molar-refractivity contribution in [3.05, 3.63) is 23.9 Å². The number of likely N-dealkylation sites (tertiary alicyclic amines) is 1. The maximum absolute atomic E-state index is 12.7. The van der Waals surface area contributed by atoms with Gasteiger partial charge in [-0.25, -0.2) is 4.98 Å². The standard InChI is InChI=1S/C17H23N3O2/c18-15-5-4-12-9-20(10-14(12)15)17(21)11-6-7-19-16(8-11)22-13-2-1-3-13/h6-8,12-15H,1-5,9-10,18H2. The number of aromatic nitrogens is 1. The molecule has 3 fully saturated rings. The molecule has 0 aromatic carbocycles. The minimum absolute atomic E-state index is 0.0856. The number of pyridine rings is 1. The van der Waals surface area contributed by atoms with Crippen LogP contribution in [0.1, 0.15) is 42.5 Å². The van der Waals surface area contributed by atoms with E-state index in [1.807, 2.05) is 4.90 Å². The highest BCUT2D eigenvalue weighted by Gasteiger charge is 2.42. The highest BCUT2D eigenvalue weighted by Crippen LogP contribution is 2.37. The number of amides is 1. The van der Waals surface area contributed by atoms with Gasteiger partial charge in [0.05, 0.1) is 0 Å². The number of carbonyl (C=O) groups excluding carboxylic acids is 1. The molecule has 5 nitrogen and oxygen atoms in total. The zero-order chi connectivity index (χ0) is 15.1. The summed E-state index contributed by atoms with van der Waals surface area (Å²) < 4.78 is 5.79. The lowest BCUT2D eigenvalue weighted by Crippen LogP contribution is -2.33. The van der Waals surface area contributed by atoms with Crippen LogP contribution in [0.15, 0.2) is 18.3 Å². The summed E-state index contributed by atoms with van der Waals surface area (Å²) in [5.41, 5.74) is 6.83. The van der Waals surface area contributed by atoms with E-state index >= 15 is 0 Å². The first kappa shape index (κ1) is 14.0. The van der Waals surface area contributed by atoms with E-state index in [0.29, 0.717) is 23.3 Å². The van der Waals surface area contributed by atoms with Gasteiger partial charge in [0, 0.05) is 37.0 Å². The summed E-state index contributed by atoms with van der Waals surface area (Å²) >= 11 is 0. The number of carbonyl (C=O) groups is 1. The molecular formula is C17H23N3O2. The van der Waals surface area contributed by atoms with E-state index in [1.165, 1.54) is 6.42 Å². The third-order valence-electron chi connectivity index (χ3n) is 5.52. The van der Waals surface area contributed by atoms with Gasteiger partial charge in [0.25, 0.3) is 5.91 Å². The molecule has 2 saturated carbocycles. The zero-order valence-electron chi connectivity index (χ0n) is 12.8. The van der Waals surface area contributed by atoms with Gasteiger partial charge < -0.3 is 15.4 Å². The third kappa shape index (κ3) is 2.47. The maximum Gasteiger partial charge on any atom is 0.254 e. The summed E-state index contributed by atoms with van der Waals surface area (Å²) in [6.45, 7) is 1.64. The Morgan fingerprint density at radius 2 is 2.14 bits per heavy atom. The van der Waals surface area contributed by atoms with Gasteiger partial charge in [-0.05, 0) is 50.0 Å². The topological polar surface area (TPSA) is 68.5 Å². The minimum Gasteiger partial charge on any atom is -0.474 e. The van der Waals surface area contributed by atoms with Crippen molar-refractivity contribution in [3.63, 3.8) is 0 Å². The Morgan fingerprint density at radius 1 is 1.27 bits per heavy atom. The van der Waals surface area contributed by atoms with Crippen LogP contribution in [0.5, 0.6) is 5.88 Å². The highest BCUT2D eigenvalue weighted by atomic mass is 16.5. The number of nitrogens with two attached hydrogens (primary N) is 1. The van der Waals surface area contributed by atoms with Crippen molar-refractivity contribution in [2.45, 2.75) is 44.2 Å². The molecule has 1 aliphatic heterocycles. The number of rotatable bonds is 3. The average molecular weight is 301 g/mol. The SMILES string of the molecule is NC1CCC2CN(C(=O)c3ccnc(OC4CCC4)c3)CC12. The molecule has 0 bridgehead atoms. The first-order chi connectivity index (χ1) is 10.7. The van der Waals surface area contributed by atoms with Crippen LogP contribution in [-0.4, -0.2) is 41.0 Å². The Labute approximate surface area is 130 Å². The second-order valence-electron chi connectivity index (χ2n) is 6.93. The molecule has 5 heteroatoms. The van der Waals surface area contributed by atoms with Crippen molar-refractivity contribution in [1.29, 1.82) is 0 Å². The van der Waals surface area contributed by atoms with Crippen molar-refractivity contribution in [2.24, 2.45) is 17.6 Å². The third-order valence-corrected chi connectivity index (χ3v) is 5.52. The van der Waals surface area contributed by atoms with Crippen molar-refractivity contribution in [3.8, 4) is 5.88 Å². The molecule has 22 heavy (non-hydrogen) atoms. The van der Waals surface area contributed by atoms with Crippen molar-refractivity contribution in [2.75, 3.05) is 13.1 Å². The van der Waals surface area contributed by atoms with Crippen LogP contribution in [-0.2, 0) is 0 Å². The van der Waals surface area contributed by atoms with Crippen molar-refractivity contribution >= 4 is 5.91 Å². The molecule has 1 saturated heterocycles. The zero-order valence-corrected chi connectivity index (χ0v) is 12.8. The van der Waals surface area contributed by atoms with E-state index in [4.69, 9.17) is 10.5 Å². The van der Waals surface area contributed by atoms with Crippen LogP contribution >= 0.6 is 0 Å². The van der Waals surface area contributed by atoms with Gasteiger partial charge in [0.2, 0.25) is 5.88 Å². The van der Waals surface area contributed by atoms with E-state index in [1.54, 1.807) is 18.3 Å². The highest BCUT2D eigenvalue weighted by molar-refractivity contribution is 5.94. The molecule has 2 heterocycles. The lowest BCUT2D eigenvalue weighted by Gasteiger charge is -2.26. The summed E-state index contributed by atoms with van der Waals surface area (Å²) in [5.74, 6) is 1.73. The van der Waals surface area contributed by atoms with Crippen LogP contribution in [0.3, 0.4) is 0 Å². The molecule has 118 valence electrons. The predicted molar refractivity (Wildman–Crippen MR) is 82.6 cm³/mol. The second-order valence-corrected chi connectivity index (χ2v) is 6.93. The fourth-order valence-corrected chi connectivity index (χ4v) is 3.92. The van der Waals surface area contributed by atoms with Crippen LogP contribution in [0.4, 0.5) is 0 Å². The van der Waals surface area contributed by atoms with Crippen LogP contribution in [0.25, 0.3) is 0 Å². The van der Waals surface area contributed by atoms with Gasteiger partial charge in [-0.3, -0.25) is 4.79 Å². The van der Waals surface area contributed by atoms with Crippen LogP contribution in [0.2, 0.25) is 0 Å². The molecule has 3 unspecified atom stereocenters. The summed E-state index contributed by atoms with van der Waals surface area (Å²) in [7, 11) is 0. The first-order valence-corrected chi connectivity index (χ1v) is 8.38. The molecular weight excluding hydrogens is 278 g/mol. The number of fused-ring (bicyclic) bond motifs is 1. The van der Waals surface area contributed by atoms with Gasteiger partial charge in [-0.2, -0.15) is 0 Å². The lowest BCUT2D eigenvalue weighted by atomic mass is 9.96. The molecule has 2 aliphatic carbocycles. The van der Waals surface area contributed by atoms with E-state index in [0.717, 1.165) is 38.8 Å². The Hall–Kier alpha value is -1.62. The molecule has 1 amide bonds. The average Bonchev–Trinajstić information content (AvgIpc) is 3.05. The Balaban J connectivity index is 1.45. The molecule has 1 aromatic heterocycles. The number of ether oxygens (including phenoxy) is 1. The van der Waals surface area contributed by atoms with E-state index < -0.39 is 0 Å². The Kier molecular flexibility index (Phi) is 3.53. The number of hydrogen-bond donors (Lipinski definition) is 1. The smallest absolute Gasteiger partial charge is 0.254 e. The van der Waals surface area contributed by atoms with Crippen LogP contribution < -0.4 is 10.5 Å². The molecule has 3 atom stereocenters. The van der Waals surface area contributed by atoms with Crippen molar-refractivity contribution in [1.82, 2.24) is 9.88 Å². The van der Waals surface area contributed by atoms with Gasteiger partial charge in [-0.15, -0.1) is 0 Å². The minimum atomic E-state index is 0.0856. The van der Waals surface area contributed by atoms with E-state index in [2.05, 4.69) is 4.98 Å². The van der Waals surface area contributed by atoms with Gasteiger partial charge in [0.15, 0.2) is 0 Å². The summed E-state index contributed by atoms with van der Waals surface area (Å²) in [6, 6.07) is 3.83. The molecule has 0 radical (unpaired) electrons. The normalized spacial score (nSPS) is 31.0. The maximum atomic E-state index is 12.7. The first-order valence-electron chi connectivity index (χ1n) is 8.38. The quantitative estimate of drug-likeness (QED) is 0.924. The Bertz CT molecular complexity index is 573. The second kappa shape index (κ2) is 5.54. The Morgan fingerprint density at radius 3 is 2.86 bits per heavy atom. The van der Waals surface area contributed by atoms with Gasteiger partial charge in [0.1, 0.15) is 6.10 Å². The molecule has 0 spiro atoms.